The minimum Gasteiger partial charge on any atom is -0.382 e. The molecule has 2 heterocycles. The van der Waals surface area contributed by atoms with Gasteiger partial charge in [-0.25, -0.2) is 0 Å². The highest BCUT2D eigenvalue weighted by Crippen LogP contribution is 2.32. The molecule has 16 heteroatoms. The monoisotopic (exact) mass is 767 g/mol. The number of rotatable bonds is 35. The van der Waals surface area contributed by atoms with E-state index in [1.54, 1.807) is 18.2 Å². The molecule has 0 bridgehead atoms. The molecule has 1 aromatic carbocycles. The number of carbonyl (C=O) groups excluding carboxylic acids is 4. The topological polar surface area (TPSA) is 179 Å². The molecule has 1 saturated heterocycles. The van der Waals surface area contributed by atoms with E-state index >= 15 is 0 Å². The van der Waals surface area contributed by atoms with Crippen molar-refractivity contribution in [1.82, 2.24) is 10.2 Å². The molecule has 0 aromatic heterocycles. The number of hydrogen-bond donors (Lipinski definition) is 2. The van der Waals surface area contributed by atoms with Crippen LogP contribution < -0.4 is 10.6 Å². The number of unbranched alkanes of at least 4 members (excludes halogenated alkanes) is 4. The number of anilines is 1. The van der Waals surface area contributed by atoms with Crippen molar-refractivity contribution in [3.63, 3.8) is 0 Å². The molecule has 0 spiro atoms. The lowest BCUT2D eigenvalue weighted by Gasteiger charge is -2.27. The van der Waals surface area contributed by atoms with Crippen molar-refractivity contribution in [2.24, 2.45) is 0 Å². The van der Waals surface area contributed by atoms with Gasteiger partial charge in [0.05, 0.1) is 123 Å². The van der Waals surface area contributed by atoms with Gasteiger partial charge in [0, 0.05) is 25.3 Å². The molecule has 1 unspecified atom stereocenters. The largest absolute Gasteiger partial charge is 0.382 e. The van der Waals surface area contributed by atoms with Gasteiger partial charge < -0.3 is 47.9 Å². The predicted molar refractivity (Wildman–Crippen MR) is 198 cm³/mol. The fourth-order valence-electron chi connectivity index (χ4n) is 5.59. The maximum atomic E-state index is 13.2. The third-order valence-electron chi connectivity index (χ3n) is 8.40. The summed E-state index contributed by atoms with van der Waals surface area (Å²) >= 11 is 0. The average molecular weight is 768 g/mol. The summed E-state index contributed by atoms with van der Waals surface area (Å²) in [6.07, 6.45) is 6.39. The molecule has 1 atom stereocenters. The highest BCUT2D eigenvalue weighted by atomic mass is 16.6. The first-order valence-electron chi connectivity index (χ1n) is 19.3. The van der Waals surface area contributed by atoms with Crippen LogP contribution in [0.1, 0.15) is 72.6 Å². The summed E-state index contributed by atoms with van der Waals surface area (Å²) in [6, 6.07) is 3.92. The number of benzene rings is 1. The lowest BCUT2D eigenvalue weighted by molar-refractivity contribution is -0.136. The van der Waals surface area contributed by atoms with Crippen LogP contribution in [0.5, 0.6) is 0 Å². The Morgan fingerprint density at radius 2 is 1.06 bits per heavy atom. The Balaban J connectivity index is 1.02. The number of amides is 4. The average Bonchev–Trinajstić information content (AvgIpc) is 3.42. The van der Waals surface area contributed by atoms with Crippen LogP contribution in [0.4, 0.5) is 5.69 Å². The van der Waals surface area contributed by atoms with E-state index in [0.717, 1.165) is 17.9 Å². The van der Waals surface area contributed by atoms with Gasteiger partial charge in [-0.15, -0.1) is 0 Å². The van der Waals surface area contributed by atoms with Gasteiger partial charge in [-0.1, -0.05) is 38.7 Å². The first kappa shape index (κ1) is 45.3. The van der Waals surface area contributed by atoms with Crippen molar-refractivity contribution in [3.05, 3.63) is 29.3 Å². The minimum absolute atomic E-state index is 0.0683. The van der Waals surface area contributed by atoms with E-state index in [-0.39, 0.29) is 24.0 Å². The SMILES string of the molecule is CCCCCCCOCCOCCOCCOCCOCCOCCOCCOCCOCCNc1cccc2c1C(=O)N(C1CCC(=O)NC1=O)C2=O. The molecule has 16 nitrogen and oxygen atoms in total. The molecular formula is C38H61N3O13. The van der Waals surface area contributed by atoms with Gasteiger partial charge in [0.1, 0.15) is 6.04 Å². The molecular weight excluding hydrogens is 706 g/mol. The van der Waals surface area contributed by atoms with Crippen molar-refractivity contribution in [3.8, 4) is 0 Å². The number of nitrogens with zero attached hydrogens (tertiary/aromatic N) is 1. The lowest BCUT2D eigenvalue weighted by Crippen LogP contribution is -2.54. The van der Waals surface area contributed by atoms with Gasteiger partial charge >= 0.3 is 0 Å². The number of imide groups is 2. The van der Waals surface area contributed by atoms with Crippen molar-refractivity contribution < 1.29 is 61.8 Å². The van der Waals surface area contributed by atoms with Crippen molar-refractivity contribution >= 4 is 29.3 Å². The Morgan fingerprint density at radius 1 is 0.593 bits per heavy atom. The van der Waals surface area contributed by atoms with E-state index in [2.05, 4.69) is 17.6 Å². The summed E-state index contributed by atoms with van der Waals surface area (Å²) in [5.41, 5.74) is 0.917. The van der Waals surface area contributed by atoms with Crippen LogP contribution in [-0.2, 0) is 52.2 Å². The first-order valence-corrected chi connectivity index (χ1v) is 19.3. The zero-order chi connectivity index (χ0) is 38.5. The lowest BCUT2D eigenvalue weighted by atomic mass is 10.0. The number of carbonyl (C=O) groups is 4. The molecule has 2 aliphatic heterocycles. The minimum atomic E-state index is -1.01. The maximum absolute atomic E-state index is 13.2. The normalized spacial score (nSPS) is 15.6. The van der Waals surface area contributed by atoms with Crippen LogP contribution in [0.3, 0.4) is 0 Å². The Labute approximate surface area is 319 Å². The number of fused-ring (bicyclic) bond motifs is 1. The zero-order valence-corrected chi connectivity index (χ0v) is 31.9. The second kappa shape index (κ2) is 29.3. The van der Waals surface area contributed by atoms with Gasteiger partial charge in [-0.3, -0.25) is 29.4 Å². The third-order valence-corrected chi connectivity index (χ3v) is 8.40. The van der Waals surface area contributed by atoms with Crippen molar-refractivity contribution in [2.75, 3.05) is 131 Å². The van der Waals surface area contributed by atoms with Gasteiger partial charge in [0.25, 0.3) is 11.8 Å². The number of ether oxygens (including phenoxy) is 9. The number of nitrogens with one attached hydrogen (secondary N) is 2. The molecule has 2 aliphatic rings. The standard InChI is InChI=1S/C38H61N3O13/c1-2-3-4-5-6-13-46-15-17-48-19-21-50-23-25-52-27-29-54-30-28-53-26-24-51-22-20-49-18-16-47-14-12-39-32-9-7-8-31-35(32)38(45)41(37(31)44)33-10-11-34(42)40-36(33)43/h7-9,33,39H,2-6,10-30H2,1H3,(H,40,42,43). The fraction of sp³-hybridized carbons (Fsp3) is 0.737. The smallest absolute Gasteiger partial charge is 0.264 e. The fourth-order valence-corrected chi connectivity index (χ4v) is 5.59. The van der Waals surface area contributed by atoms with Crippen LogP contribution in [0.25, 0.3) is 0 Å². The number of hydrogen-bond acceptors (Lipinski definition) is 14. The molecule has 0 radical (unpaired) electrons. The van der Waals surface area contributed by atoms with Crippen LogP contribution in [-0.4, -0.2) is 160 Å². The molecule has 1 fully saturated rings. The van der Waals surface area contributed by atoms with Crippen molar-refractivity contribution in [1.29, 1.82) is 0 Å². The van der Waals surface area contributed by atoms with E-state index in [0.29, 0.717) is 125 Å². The summed E-state index contributed by atoms with van der Waals surface area (Å²) in [6.45, 7) is 11.6. The third kappa shape index (κ3) is 18.0. The van der Waals surface area contributed by atoms with Crippen LogP contribution in [0.2, 0.25) is 0 Å². The quantitative estimate of drug-likeness (QED) is 0.0761. The van der Waals surface area contributed by atoms with E-state index < -0.39 is 29.7 Å². The van der Waals surface area contributed by atoms with Gasteiger partial charge in [0.15, 0.2) is 0 Å². The summed E-state index contributed by atoms with van der Waals surface area (Å²) in [7, 11) is 0. The Bertz CT molecular complexity index is 1220. The first-order chi connectivity index (χ1) is 26.5. The molecule has 3 rings (SSSR count). The Hall–Kier alpha value is -3.06. The van der Waals surface area contributed by atoms with Gasteiger partial charge in [-0.05, 0) is 25.0 Å². The second-order valence-electron chi connectivity index (χ2n) is 12.5. The Morgan fingerprint density at radius 3 is 1.54 bits per heavy atom. The summed E-state index contributed by atoms with van der Waals surface area (Å²) in [5.74, 6) is -2.16. The Kier molecular flexibility index (Phi) is 24.6. The van der Waals surface area contributed by atoms with Gasteiger partial charge in [-0.2, -0.15) is 0 Å². The zero-order valence-electron chi connectivity index (χ0n) is 31.9. The number of piperidine rings is 1. The molecule has 0 aliphatic carbocycles. The highest BCUT2D eigenvalue weighted by molar-refractivity contribution is 6.25. The molecule has 1 aromatic rings. The van der Waals surface area contributed by atoms with Crippen molar-refractivity contribution in [2.45, 2.75) is 57.9 Å². The van der Waals surface area contributed by atoms with Crippen LogP contribution >= 0.6 is 0 Å². The molecule has 2 N–H and O–H groups in total. The predicted octanol–water partition coefficient (Wildman–Crippen LogP) is 2.62. The van der Waals surface area contributed by atoms with Crippen LogP contribution in [0, 0.1) is 0 Å². The van der Waals surface area contributed by atoms with E-state index in [9.17, 15) is 19.2 Å². The molecule has 54 heavy (non-hydrogen) atoms. The van der Waals surface area contributed by atoms with E-state index in [1.165, 1.54) is 25.7 Å². The molecule has 0 saturated carbocycles. The molecule has 4 amide bonds. The summed E-state index contributed by atoms with van der Waals surface area (Å²) < 4.78 is 49.7. The second-order valence-corrected chi connectivity index (χ2v) is 12.5. The summed E-state index contributed by atoms with van der Waals surface area (Å²) in [4.78, 5) is 50.9. The van der Waals surface area contributed by atoms with Crippen LogP contribution in [0.15, 0.2) is 18.2 Å². The maximum Gasteiger partial charge on any atom is 0.264 e. The summed E-state index contributed by atoms with van der Waals surface area (Å²) in [5, 5.41) is 5.34. The van der Waals surface area contributed by atoms with E-state index in [1.807, 2.05) is 0 Å². The van der Waals surface area contributed by atoms with Gasteiger partial charge in [0.2, 0.25) is 11.8 Å². The molecule has 306 valence electrons. The highest BCUT2D eigenvalue weighted by Gasteiger charge is 2.45. The van der Waals surface area contributed by atoms with E-state index in [4.69, 9.17) is 42.6 Å².